The van der Waals surface area contributed by atoms with Gasteiger partial charge < -0.3 is 36.1 Å². The van der Waals surface area contributed by atoms with Crippen LogP contribution in [0.2, 0.25) is 0 Å². The smallest absolute Gasteiger partial charge is 0.254 e. The Labute approximate surface area is 134 Å². The molecule has 3 rings (SSSR count). The second-order valence-corrected chi connectivity index (χ2v) is 5.33. The van der Waals surface area contributed by atoms with Crippen molar-refractivity contribution >= 4 is 22.8 Å². The standard InChI is InChI=1S/C13H15N5O6/c14-10-6-7(20)4(11(15)23)1-18(12(6)17-3-16-10)13-9(22)8(21)5(2-19)24-13/h1,3,5,8-9,13,19,21-22H,2H2,(H2,15,23)(H2,14,16,17)/t5?,8?,9?,13-/m1/s1. The fourth-order valence-corrected chi connectivity index (χ4v) is 2.68. The number of ether oxygens (including phenoxy) is 1. The van der Waals surface area contributed by atoms with Gasteiger partial charge in [0.15, 0.2) is 11.9 Å². The van der Waals surface area contributed by atoms with Crippen LogP contribution in [0.4, 0.5) is 5.82 Å². The predicted octanol–water partition coefficient (Wildman–Crippen LogP) is -2.92. The van der Waals surface area contributed by atoms with E-state index in [1.165, 1.54) is 4.57 Å². The van der Waals surface area contributed by atoms with E-state index in [9.17, 15) is 24.9 Å². The molecule has 1 aliphatic rings. The van der Waals surface area contributed by atoms with Gasteiger partial charge in [-0.05, 0) is 0 Å². The summed E-state index contributed by atoms with van der Waals surface area (Å²) in [6.45, 7) is -0.535. The number of carbonyl (C=O) groups is 1. The van der Waals surface area contributed by atoms with Gasteiger partial charge in [-0.2, -0.15) is 0 Å². The summed E-state index contributed by atoms with van der Waals surface area (Å²) >= 11 is 0. The minimum absolute atomic E-state index is 0.00709. The first-order valence-corrected chi connectivity index (χ1v) is 6.94. The number of aliphatic hydroxyl groups is 3. The van der Waals surface area contributed by atoms with Crippen molar-refractivity contribution in [2.75, 3.05) is 12.3 Å². The third-order valence-corrected chi connectivity index (χ3v) is 3.90. The number of fused-ring (bicyclic) bond motifs is 1. The molecule has 1 amide bonds. The molecule has 7 N–H and O–H groups in total. The Hall–Kier alpha value is -2.60. The van der Waals surface area contributed by atoms with Crippen molar-refractivity contribution in [1.82, 2.24) is 14.5 Å². The van der Waals surface area contributed by atoms with Crippen LogP contribution in [0.1, 0.15) is 16.6 Å². The van der Waals surface area contributed by atoms with Crippen molar-refractivity contribution in [3.63, 3.8) is 0 Å². The highest BCUT2D eigenvalue weighted by Crippen LogP contribution is 2.31. The number of aromatic nitrogens is 3. The lowest BCUT2D eigenvalue weighted by Crippen LogP contribution is -2.34. The topological polar surface area (TPSA) is 187 Å². The van der Waals surface area contributed by atoms with Gasteiger partial charge in [-0.1, -0.05) is 0 Å². The van der Waals surface area contributed by atoms with Crippen molar-refractivity contribution in [1.29, 1.82) is 0 Å². The molecular formula is C13H15N5O6. The van der Waals surface area contributed by atoms with Crippen LogP contribution < -0.4 is 16.9 Å². The molecule has 0 spiro atoms. The first-order valence-electron chi connectivity index (χ1n) is 6.94. The van der Waals surface area contributed by atoms with E-state index < -0.39 is 48.0 Å². The zero-order chi connectivity index (χ0) is 17.6. The summed E-state index contributed by atoms with van der Waals surface area (Å²) in [5.41, 5.74) is 9.75. The summed E-state index contributed by atoms with van der Waals surface area (Å²) in [6, 6.07) is 0. The summed E-state index contributed by atoms with van der Waals surface area (Å²) in [5.74, 6) is -1.18. The molecule has 2 aromatic rings. The fraction of sp³-hybridized carbons (Fsp3) is 0.385. The number of hydrogen-bond acceptors (Lipinski definition) is 9. The lowest BCUT2D eigenvalue weighted by Gasteiger charge is -2.21. The van der Waals surface area contributed by atoms with E-state index in [-0.39, 0.29) is 16.9 Å². The maximum atomic E-state index is 12.4. The van der Waals surface area contributed by atoms with Gasteiger partial charge in [0, 0.05) is 6.20 Å². The van der Waals surface area contributed by atoms with Gasteiger partial charge in [-0.15, -0.1) is 0 Å². The van der Waals surface area contributed by atoms with Crippen molar-refractivity contribution in [3.05, 3.63) is 28.3 Å². The molecule has 4 atom stereocenters. The van der Waals surface area contributed by atoms with E-state index in [0.717, 1.165) is 12.5 Å². The number of hydrogen-bond donors (Lipinski definition) is 5. The molecule has 1 fully saturated rings. The average Bonchev–Trinajstić information content (AvgIpc) is 2.83. The molecule has 128 valence electrons. The van der Waals surface area contributed by atoms with Crippen LogP contribution in [0, 0.1) is 0 Å². The summed E-state index contributed by atoms with van der Waals surface area (Å²) < 4.78 is 6.57. The van der Waals surface area contributed by atoms with E-state index in [4.69, 9.17) is 16.2 Å². The molecule has 0 bridgehead atoms. The zero-order valence-corrected chi connectivity index (χ0v) is 12.2. The molecule has 11 nitrogen and oxygen atoms in total. The van der Waals surface area contributed by atoms with Crippen molar-refractivity contribution in [2.45, 2.75) is 24.5 Å². The Morgan fingerprint density at radius 1 is 1.33 bits per heavy atom. The van der Waals surface area contributed by atoms with Crippen LogP contribution in [0.5, 0.6) is 0 Å². The number of pyridine rings is 1. The van der Waals surface area contributed by atoms with Gasteiger partial charge in [-0.25, -0.2) is 9.97 Å². The number of aliphatic hydroxyl groups excluding tert-OH is 3. The molecule has 3 heterocycles. The van der Waals surface area contributed by atoms with E-state index >= 15 is 0 Å². The number of rotatable bonds is 3. The number of primary amides is 1. The molecule has 0 aliphatic carbocycles. The van der Waals surface area contributed by atoms with Gasteiger partial charge >= 0.3 is 0 Å². The maximum absolute atomic E-state index is 12.4. The zero-order valence-electron chi connectivity index (χ0n) is 12.2. The Morgan fingerprint density at radius 3 is 2.62 bits per heavy atom. The second kappa shape index (κ2) is 5.79. The molecule has 1 saturated heterocycles. The third kappa shape index (κ3) is 2.30. The van der Waals surface area contributed by atoms with Crippen LogP contribution in [-0.2, 0) is 4.74 Å². The quantitative estimate of drug-likeness (QED) is 0.391. The summed E-state index contributed by atoms with van der Waals surface area (Å²) in [5, 5.41) is 29.1. The predicted molar refractivity (Wildman–Crippen MR) is 79.7 cm³/mol. The molecule has 24 heavy (non-hydrogen) atoms. The molecule has 11 heteroatoms. The maximum Gasteiger partial charge on any atom is 0.254 e. The monoisotopic (exact) mass is 337 g/mol. The van der Waals surface area contributed by atoms with Crippen LogP contribution in [-0.4, -0.2) is 60.7 Å². The lowest BCUT2D eigenvalue weighted by atomic mass is 10.1. The molecular weight excluding hydrogens is 322 g/mol. The third-order valence-electron chi connectivity index (χ3n) is 3.90. The average molecular weight is 337 g/mol. The van der Waals surface area contributed by atoms with Crippen molar-refractivity contribution in [2.24, 2.45) is 5.73 Å². The number of nitrogens with zero attached hydrogens (tertiary/aromatic N) is 3. The number of amides is 1. The molecule has 2 aromatic heterocycles. The number of carbonyl (C=O) groups excluding carboxylic acids is 1. The number of nitrogen functional groups attached to an aromatic ring is 1. The van der Waals surface area contributed by atoms with Gasteiger partial charge in [0.2, 0.25) is 5.43 Å². The SMILES string of the molecule is NC(=O)c1cn([C@@H]2OC(CO)C(O)C2O)c2ncnc(N)c2c1=O. The highest BCUT2D eigenvalue weighted by molar-refractivity contribution is 5.97. The summed E-state index contributed by atoms with van der Waals surface area (Å²) in [6.07, 6.45) is -2.91. The molecule has 1 aliphatic heterocycles. The van der Waals surface area contributed by atoms with E-state index in [0.29, 0.717) is 0 Å². The first-order chi connectivity index (χ1) is 11.4. The van der Waals surface area contributed by atoms with Gasteiger partial charge in [0.05, 0.1) is 6.61 Å². The Balaban J connectivity index is 2.29. The molecule has 3 unspecified atom stereocenters. The van der Waals surface area contributed by atoms with Crippen LogP contribution >= 0.6 is 0 Å². The van der Waals surface area contributed by atoms with Crippen LogP contribution in [0.15, 0.2) is 17.3 Å². The minimum Gasteiger partial charge on any atom is -0.394 e. The Morgan fingerprint density at radius 2 is 2.04 bits per heavy atom. The largest absolute Gasteiger partial charge is 0.394 e. The summed E-state index contributed by atoms with van der Waals surface area (Å²) in [7, 11) is 0. The molecule has 0 radical (unpaired) electrons. The number of nitrogens with two attached hydrogens (primary N) is 2. The number of anilines is 1. The minimum atomic E-state index is -1.44. The van der Waals surface area contributed by atoms with E-state index in [2.05, 4.69) is 9.97 Å². The fourth-order valence-electron chi connectivity index (χ4n) is 2.68. The van der Waals surface area contributed by atoms with Gasteiger partial charge in [-0.3, -0.25) is 9.59 Å². The normalized spacial score (nSPS) is 26.8. The van der Waals surface area contributed by atoms with E-state index in [1.807, 2.05) is 0 Å². The Kier molecular flexibility index (Phi) is 3.93. The first kappa shape index (κ1) is 16.3. The highest BCUT2D eigenvalue weighted by Gasteiger charge is 2.44. The van der Waals surface area contributed by atoms with Crippen molar-refractivity contribution < 1.29 is 24.9 Å². The van der Waals surface area contributed by atoms with Crippen LogP contribution in [0.25, 0.3) is 11.0 Å². The second-order valence-electron chi connectivity index (χ2n) is 5.33. The molecule has 0 saturated carbocycles. The summed E-state index contributed by atoms with van der Waals surface area (Å²) in [4.78, 5) is 31.6. The lowest BCUT2D eigenvalue weighted by molar-refractivity contribution is -0.0511. The van der Waals surface area contributed by atoms with Crippen molar-refractivity contribution in [3.8, 4) is 0 Å². The Bertz CT molecular complexity index is 868. The van der Waals surface area contributed by atoms with Gasteiger partial charge in [0.1, 0.15) is 41.4 Å². The highest BCUT2D eigenvalue weighted by atomic mass is 16.6. The van der Waals surface area contributed by atoms with E-state index in [1.54, 1.807) is 0 Å². The van der Waals surface area contributed by atoms with Crippen LogP contribution in [0.3, 0.4) is 0 Å². The molecule has 0 aromatic carbocycles. The van der Waals surface area contributed by atoms with Gasteiger partial charge in [0.25, 0.3) is 5.91 Å².